The molecule has 1 aromatic carbocycles. The van der Waals surface area contributed by atoms with E-state index in [0.29, 0.717) is 0 Å². The van der Waals surface area contributed by atoms with Crippen LogP contribution in [-0.4, -0.2) is 23.9 Å². The van der Waals surface area contributed by atoms with E-state index < -0.39 is 0 Å². The highest BCUT2D eigenvalue weighted by Crippen LogP contribution is 2.33. The third-order valence-electron chi connectivity index (χ3n) is 4.05. The molecule has 1 aliphatic heterocycles. The maximum absolute atomic E-state index is 12.7. The van der Waals surface area contributed by atoms with Crippen LogP contribution in [0.4, 0.5) is 5.69 Å². The zero-order chi connectivity index (χ0) is 14.8. The Hall–Kier alpha value is -1.81. The Labute approximate surface area is 129 Å². The zero-order valence-electron chi connectivity index (χ0n) is 12.4. The third kappa shape index (κ3) is 2.68. The van der Waals surface area contributed by atoms with Crippen LogP contribution in [0, 0.1) is 0 Å². The fraction of sp³-hybridized carbons (Fsp3) is 0.353. The number of hydrogen-bond donors (Lipinski definition) is 1. The second-order valence-electron chi connectivity index (χ2n) is 5.33. The van der Waals surface area contributed by atoms with Crippen LogP contribution in [0.5, 0.6) is 0 Å². The first-order valence-electron chi connectivity index (χ1n) is 7.42. The molecule has 1 aliphatic rings. The molecular weight excluding hydrogens is 280 g/mol. The molecule has 1 aromatic heterocycles. The zero-order valence-corrected chi connectivity index (χ0v) is 13.2. The molecule has 0 aliphatic carbocycles. The van der Waals surface area contributed by atoms with Crippen molar-refractivity contribution in [1.82, 2.24) is 4.90 Å². The third-order valence-corrected chi connectivity index (χ3v) is 5.05. The van der Waals surface area contributed by atoms with Gasteiger partial charge >= 0.3 is 0 Å². The Morgan fingerprint density at radius 1 is 1.33 bits per heavy atom. The minimum atomic E-state index is 0.127. The number of benzene rings is 1. The highest BCUT2D eigenvalue weighted by Gasteiger charge is 2.28. The Morgan fingerprint density at radius 2 is 2.10 bits per heavy atom. The van der Waals surface area contributed by atoms with Crippen molar-refractivity contribution >= 4 is 22.9 Å². The molecule has 0 saturated heterocycles. The first-order chi connectivity index (χ1) is 10.2. The number of thiophene rings is 1. The monoisotopic (exact) mass is 300 g/mol. The molecule has 0 saturated carbocycles. The van der Waals surface area contributed by atoms with Crippen LogP contribution in [0.3, 0.4) is 0 Å². The van der Waals surface area contributed by atoms with Crippen LogP contribution in [0.25, 0.3) is 0 Å². The van der Waals surface area contributed by atoms with Crippen molar-refractivity contribution < 1.29 is 4.79 Å². The number of hydrogen-bond acceptors (Lipinski definition) is 3. The smallest absolute Gasteiger partial charge is 0.254 e. The largest absolute Gasteiger partial charge is 0.385 e. The Kier molecular flexibility index (Phi) is 3.97. The lowest BCUT2D eigenvalue weighted by atomic mass is 10.0. The van der Waals surface area contributed by atoms with Gasteiger partial charge in [0.25, 0.3) is 5.91 Å². The van der Waals surface area contributed by atoms with E-state index in [0.717, 1.165) is 30.8 Å². The Morgan fingerprint density at radius 3 is 2.81 bits per heavy atom. The SMILES string of the molecule is CCNc1ccc(C(=O)N2CCc3sccc3C2C)cc1. The minimum absolute atomic E-state index is 0.127. The average Bonchev–Trinajstić information content (AvgIpc) is 2.98. The van der Waals surface area contributed by atoms with Gasteiger partial charge < -0.3 is 10.2 Å². The topological polar surface area (TPSA) is 32.3 Å². The molecule has 21 heavy (non-hydrogen) atoms. The van der Waals surface area contributed by atoms with Crippen LogP contribution < -0.4 is 5.32 Å². The van der Waals surface area contributed by atoms with E-state index in [4.69, 9.17) is 0 Å². The van der Waals surface area contributed by atoms with Crippen molar-refractivity contribution in [3.8, 4) is 0 Å². The van der Waals surface area contributed by atoms with Gasteiger partial charge in [0.2, 0.25) is 0 Å². The van der Waals surface area contributed by atoms with Gasteiger partial charge in [0.15, 0.2) is 0 Å². The number of carbonyl (C=O) groups excluding carboxylic acids is 1. The lowest BCUT2D eigenvalue weighted by Crippen LogP contribution is -2.38. The molecule has 2 aromatic rings. The Balaban J connectivity index is 1.79. The van der Waals surface area contributed by atoms with E-state index in [2.05, 4.69) is 30.6 Å². The van der Waals surface area contributed by atoms with Gasteiger partial charge in [-0.25, -0.2) is 0 Å². The van der Waals surface area contributed by atoms with Crippen molar-refractivity contribution in [2.24, 2.45) is 0 Å². The van der Waals surface area contributed by atoms with E-state index in [1.54, 1.807) is 11.3 Å². The normalized spacial score (nSPS) is 17.4. The first-order valence-corrected chi connectivity index (χ1v) is 8.30. The molecule has 3 nitrogen and oxygen atoms in total. The number of rotatable bonds is 3. The van der Waals surface area contributed by atoms with E-state index >= 15 is 0 Å². The number of fused-ring (bicyclic) bond motifs is 1. The molecule has 3 rings (SSSR count). The number of nitrogens with one attached hydrogen (secondary N) is 1. The second kappa shape index (κ2) is 5.90. The van der Waals surface area contributed by atoms with Crippen molar-refractivity contribution in [2.45, 2.75) is 26.3 Å². The molecule has 0 fully saturated rings. The highest BCUT2D eigenvalue weighted by molar-refractivity contribution is 7.10. The van der Waals surface area contributed by atoms with Crippen LogP contribution >= 0.6 is 11.3 Å². The minimum Gasteiger partial charge on any atom is -0.385 e. The van der Waals surface area contributed by atoms with Crippen LogP contribution in [0.1, 0.15) is 40.7 Å². The molecule has 0 bridgehead atoms. The van der Waals surface area contributed by atoms with Crippen molar-refractivity contribution in [2.75, 3.05) is 18.4 Å². The van der Waals surface area contributed by atoms with Gasteiger partial charge in [-0.1, -0.05) is 0 Å². The lowest BCUT2D eigenvalue weighted by Gasteiger charge is -2.33. The summed E-state index contributed by atoms with van der Waals surface area (Å²) in [5.41, 5.74) is 3.13. The Bertz CT molecular complexity index is 632. The van der Waals surface area contributed by atoms with Gasteiger partial charge in [0.05, 0.1) is 6.04 Å². The summed E-state index contributed by atoms with van der Waals surface area (Å²) in [6, 6.07) is 10.1. The van der Waals surface area contributed by atoms with Gasteiger partial charge in [0.1, 0.15) is 0 Å². The van der Waals surface area contributed by atoms with Crippen molar-refractivity contribution in [3.05, 3.63) is 51.7 Å². The molecule has 1 unspecified atom stereocenters. The molecule has 4 heteroatoms. The van der Waals surface area contributed by atoms with Crippen molar-refractivity contribution in [3.63, 3.8) is 0 Å². The predicted octanol–water partition coefficient (Wildman–Crippen LogP) is 3.94. The van der Waals surface area contributed by atoms with Gasteiger partial charge in [-0.2, -0.15) is 0 Å². The van der Waals surface area contributed by atoms with E-state index in [1.165, 1.54) is 10.4 Å². The van der Waals surface area contributed by atoms with E-state index in [9.17, 15) is 4.79 Å². The summed E-state index contributed by atoms with van der Waals surface area (Å²) in [7, 11) is 0. The number of carbonyl (C=O) groups is 1. The quantitative estimate of drug-likeness (QED) is 0.931. The van der Waals surface area contributed by atoms with Crippen LogP contribution in [0.15, 0.2) is 35.7 Å². The summed E-state index contributed by atoms with van der Waals surface area (Å²) in [4.78, 5) is 16.1. The highest BCUT2D eigenvalue weighted by atomic mass is 32.1. The summed E-state index contributed by atoms with van der Waals surface area (Å²) in [6.07, 6.45) is 0.971. The maximum atomic E-state index is 12.7. The van der Waals surface area contributed by atoms with E-state index in [1.807, 2.05) is 29.2 Å². The van der Waals surface area contributed by atoms with Gasteiger partial charge in [-0.3, -0.25) is 4.79 Å². The lowest BCUT2D eigenvalue weighted by molar-refractivity contribution is 0.0679. The molecule has 1 N–H and O–H groups in total. The van der Waals surface area contributed by atoms with Gasteiger partial charge in [0, 0.05) is 29.2 Å². The predicted molar refractivity (Wildman–Crippen MR) is 88.1 cm³/mol. The number of anilines is 1. The van der Waals surface area contributed by atoms with Crippen LogP contribution in [0.2, 0.25) is 0 Å². The molecule has 0 spiro atoms. The van der Waals surface area contributed by atoms with Gasteiger partial charge in [-0.05, 0) is 61.5 Å². The molecule has 1 atom stereocenters. The maximum Gasteiger partial charge on any atom is 0.254 e. The van der Waals surface area contributed by atoms with E-state index in [-0.39, 0.29) is 11.9 Å². The summed E-state index contributed by atoms with van der Waals surface area (Å²) < 4.78 is 0. The number of nitrogens with zero attached hydrogens (tertiary/aromatic N) is 1. The summed E-state index contributed by atoms with van der Waals surface area (Å²) in [5, 5.41) is 5.37. The first kappa shape index (κ1) is 14.1. The summed E-state index contributed by atoms with van der Waals surface area (Å²) in [6.45, 7) is 5.88. The fourth-order valence-corrected chi connectivity index (χ4v) is 3.85. The molecular formula is C17H20N2OS. The van der Waals surface area contributed by atoms with Crippen molar-refractivity contribution in [1.29, 1.82) is 0 Å². The molecule has 110 valence electrons. The molecule has 0 radical (unpaired) electrons. The molecule has 2 heterocycles. The fourth-order valence-electron chi connectivity index (χ4n) is 2.89. The van der Waals surface area contributed by atoms with Crippen LogP contribution in [-0.2, 0) is 6.42 Å². The van der Waals surface area contributed by atoms with Gasteiger partial charge in [-0.15, -0.1) is 11.3 Å². The summed E-state index contributed by atoms with van der Waals surface area (Å²) >= 11 is 1.80. The summed E-state index contributed by atoms with van der Waals surface area (Å²) in [5.74, 6) is 0.127. The molecule has 1 amide bonds. The standard InChI is InChI=1S/C17H20N2OS/c1-3-18-14-6-4-13(5-7-14)17(20)19-10-8-16-15(12(19)2)9-11-21-16/h4-7,9,11-12,18H,3,8,10H2,1-2H3. The number of amides is 1. The second-order valence-corrected chi connectivity index (χ2v) is 6.33. The average molecular weight is 300 g/mol.